The van der Waals surface area contributed by atoms with Crippen LogP contribution in [0.2, 0.25) is 0 Å². The molecule has 1 aliphatic heterocycles. The van der Waals surface area contributed by atoms with E-state index in [-0.39, 0.29) is 6.04 Å². The fourth-order valence-electron chi connectivity index (χ4n) is 2.77. The number of nitrogens with zero attached hydrogens (tertiary/aromatic N) is 1. The summed E-state index contributed by atoms with van der Waals surface area (Å²) in [4.78, 5) is 16.7. The monoisotopic (exact) mass is 323 g/mol. The molecule has 24 heavy (non-hydrogen) atoms. The maximum atomic E-state index is 12.1. The van der Waals surface area contributed by atoms with E-state index in [0.717, 1.165) is 17.5 Å². The lowest BCUT2D eigenvalue weighted by Gasteiger charge is -2.23. The van der Waals surface area contributed by atoms with Crippen LogP contribution in [0, 0.1) is 5.92 Å². The van der Waals surface area contributed by atoms with E-state index >= 15 is 0 Å². The quantitative estimate of drug-likeness (QED) is 0.790. The van der Waals surface area contributed by atoms with Gasteiger partial charge in [-0.15, -0.1) is 0 Å². The second kappa shape index (κ2) is 6.87. The van der Waals surface area contributed by atoms with Crippen LogP contribution < -0.4 is 4.74 Å². The first-order valence-electron chi connectivity index (χ1n) is 8.10. The lowest BCUT2D eigenvalue weighted by Crippen LogP contribution is -2.21. The van der Waals surface area contributed by atoms with E-state index < -0.39 is 5.97 Å². The van der Waals surface area contributed by atoms with E-state index in [9.17, 15) is 4.79 Å². The summed E-state index contributed by atoms with van der Waals surface area (Å²) < 4.78 is 10.9. The Bertz CT molecular complexity index is 766. The van der Waals surface area contributed by atoms with Crippen molar-refractivity contribution >= 4 is 12.2 Å². The molecular formula is C20H21NO3. The van der Waals surface area contributed by atoms with E-state index in [4.69, 9.17) is 9.47 Å². The third kappa shape index (κ3) is 3.32. The minimum Gasteiger partial charge on any atom is -0.465 e. The summed E-state index contributed by atoms with van der Waals surface area (Å²) in [5, 5.41) is 0. The maximum Gasteiger partial charge on any atom is 0.341 e. The fourth-order valence-corrected chi connectivity index (χ4v) is 2.77. The fraction of sp³-hybridized carbons (Fsp3) is 0.300. The van der Waals surface area contributed by atoms with Crippen molar-refractivity contribution in [2.24, 2.45) is 10.9 Å². The van der Waals surface area contributed by atoms with Gasteiger partial charge in [0.15, 0.2) is 0 Å². The zero-order chi connectivity index (χ0) is 17.1. The van der Waals surface area contributed by atoms with Gasteiger partial charge in [-0.05, 0) is 47.7 Å². The van der Waals surface area contributed by atoms with Crippen LogP contribution >= 0.6 is 0 Å². The summed E-state index contributed by atoms with van der Waals surface area (Å²) in [7, 11) is 1.37. The van der Waals surface area contributed by atoms with Crippen molar-refractivity contribution in [1.82, 2.24) is 0 Å². The molecule has 1 atom stereocenters. The molecule has 0 N–H and O–H groups in total. The highest BCUT2D eigenvalue weighted by Crippen LogP contribution is 2.31. The van der Waals surface area contributed by atoms with Crippen LogP contribution in [0.25, 0.3) is 0 Å². The summed E-state index contributed by atoms with van der Waals surface area (Å²) in [6, 6.07) is 13.4. The largest absolute Gasteiger partial charge is 0.465 e. The molecule has 3 rings (SSSR count). The normalized spacial score (nSPS) is 15.9. The lowest BCUT2D eigenvalue weighted by molar-refractivity contribution is 0.0598. The van der Waals surface area contributed by atoms with Crippen LogP contribution in [0.3, 0.4) is 0 Å². The molecule has 1 aliphatic rings. The molecule has 0 amide bonds. The Morgan fingerprint density at radius 1 is 1.21 bits per heavy atom. The number of hydrogen-bond acceptors (Lipinski definition) is 4. The van der Waals surface area contributed by atoms with Crippen molar-refractivity contribution in [3.05, 3.63) is 59.2 Å². The summed E-state index contributed by atoms with van der Waals surface area (Å²) >= 11 is 0. The van der Waals surface area contributed by atoms with E-state index in [1.165, 1.54) is 7.11 Å². The molecule has 0 spiro atoms. The number of carbonyl (C=O) groups excluding carboxylic acids is 1. The number of hydrogen-bond donors (Lipinski definition) is 0. The minimum absolute atomic E-state index is 0.256. The lowest BCUT2D eigenvalue weighted by atomic mass is 9.90. The van der Waals surface area contributed by atoms with Crippen molar-refractivity contribution in [3.8, 4) is 11.5 Å². The summed E-state index contributed by atoms with van der Waals surface area (Å²) in [6.07, 6.45) is 2.69. The van der Waals surface area contributed by atoms with E-state index in [0.29, 0.717) is 23.0 Å². The molecule has 2 aromatic rings. The molecule has 0 saturated heterocycles. The van der Waals surface area contributed by atoms with Gasteiger partial charge < -0.3 is 9.47 Å². The maximum absolute atomic E-state index is 12.1. The van der Waals surface area contributed by atoms with E-state index in [2.05, 4.69) is 18.8 Å². The zero-order valence-electron chi connectivity index (χ0n) is 14.2. The Morgan fingerprint density at radius 3 is 2.62 bits per heavy atom. The van der Waals surface area contributed by atoms with Crippen molar-refractivity contribution in [2.45, 2.75) is 26.3 Å². The molecule has 0 aliphatic carbocycles. The van der Waals surface area contributed by atoms with Crippen LogP contribution in [0.5, 0.6) is 11.5 Å². The summed E-state index contributed by atoms with van der Waals surface area (Å²) in [5.41, 5.74) is 2.50. The Labute approximate surface area is 142 Å². The molecule has 0 saturated carbocycles. The number of benzene rings is 2. The Balaban J connectivity index is 2.01. The van der Waals surface area contributed by atoms with Crippen LogP contribution in [-0.4, -0.2) is 25.3 Å². The average Bonchev–Trinajstić information content (AvgIpc) is 2.60. The van der Waals surface area contributed by atoms with Gasteiger partial charge in [-0.3, -0.25) is 4.99 Å². The molecule has 0 radical (unpaired) electrons. The molecular weight excluding hydrogens is 302 g/mol. The van der Waals surface area contributed by atoms with Crippen LogP contribution in [-0.2, 0) is 11.2 Å². The number of fused-ring (bicyclic) bond motifs is 1. The van der Waals surface area contributed by atoms with Gasteiger partial charge in [0.1, 0.15) is 17.1 Å². The molecule has 1 heterocycles. The molecule has 124 valence electrons. The number of aliphatic imine (C=N–C) groups is 1. The van der Waals surface area contributed by atoms with Crippen LogP contribution in [0.4, 0.5) is 0 Å². The smallest absolute Gasteiger partial charge is 0.341 e. The predicted molar refractivity (Wildman–Crippen MR) is 94.2 cm³/mol. The minimum atomic E-state index is -0.414. The molecule has 0 fully saturated rings. The highest BCUT2D eigenvalue weighted by Gasteiger charge is 2.23. The molecule has 0 aromatic heterocycles. The Hall–Kier alpha value is -2.62. The van der Waals surface area contributed by atoms with Crippen molar-refractivity contribution in [3.63, 3.8) is 0 Å². The molecule has 4 nitrogen and oxygen atoms in total. The zero-order valence-corrected chi connectivity index (χ0v) is 14.2. The number of para-hydroxylation sites is 1. The first-order valence-corrected chi connectivity index (χ1v) is 8.10. The van der Waals surface area contributed by atoms with Crippen molar-refractivity contribution in [2.75, 3.05) is 7.11 Å². The number of ether oxygens (including phenoxy) is 2. The van der Waals surface area contributed by atoms with Crippen LogP contribution in [0.1, 0.15) is 35.3 Å². The number of methoxy groups -OCH3 is 1. The van der Waals surface area contributed by atoms with Gasteiger partial charge in [-0.25, -0.2) is 4.79 Å². The van der Waals surface area contributed by atoms with Crippen LogP contribution in [0.15, 0.2) is 47.5 Å². The molecule has 2 aromatic carbocycles. The van der Waals surface area contributed by atoms with Gasteiger partial charge >= 0.3 is 5.97 Å². The number of carbonyl (C=O) groups is 1. The summed E-state index contributed by atoms with van der Waals surface area (Å²) in [6.45, 7) is 4.33. The predicted octanol–water partition coefficient (Wildman–Crippen LogP) is 4.27. The molecule has 4 heteroatoms. The Kier molecular flexibility index (Phi) is 4.65. The van der Waals surface area contributed by atoms with Gasteiger partial charge in [0.25, 0.3) is 0 Å². The second-order valence-electron chi connectivity index (χ2n) is 6.25. The molecule has 1 unspecified atom stereocenters. The first-order chi connectivity index (χ1) is 11.6. The second-order valence-corrected chi connectivity index (χ2v) is 6.25. The first kappa shape index (κ1) is 16.2. The van der Waals surface area contributed by atoms with Gasteiger partial charge in [-0.1, -0.05) is 32.0 Å². The number of rotatable bonds is 4. The third-order valence-electron chi connectivity index (χ3n) is 4.22. The van der Waals surface area contributed by atoms with Gasteiger partial charge in [-0.2, -0.15) is 0 Å². The van der Waals surface area contributed by atoms with E-state index in [1.54, 1.807) is 6.07 Å². The average molecular weight is 323 g/mol. The van der Waals surface area contributed by atoms with Crippen molar-refractivity contribution < 1.29 is 14.3 Å². The van der Waals surface area contributed by atoms with Crippen molar-refractivity contribution in [1.29, 1.82) is 0 Å². The standard InChI is InChI=1S/C20H21NO3/c1-13(2)18-10-14-11-19(24-16-7-5-4-6-8-16)17(20(22)23-3)9-15(14)12-21-18/h4-9,11-13,18H,10H2,1-3H3. The van der Waals surface area contributed by atoms with Gasteiger partial charge in [0, 0.05) is 6.21 Å². The van der Waals surface area contributed by atoms with Gasteiger partial charge in [0.2, 0.25) is 0 Å². The number of esters is 1. The van der Waals surface area contributed by atoms with Gasteiger partial charge in [0.05, 0.1) is 13.2 Å². The SMILES string of the molecule is COC(=O)c1cc2c(cc1Oc1ccccc1)CC(C(C)C)N=C2. The Morgan fingerprint density at radius 2 is 1.96 bits per heavy atom. The highest BCUT2D eigenvalue weighted by atomic mass is 16.5. The third-order valence-corrected chi connectivity index (χ3v) is 4.22. The summed E-state index contributed by atoms with van der Waals surface area (Å²) in [5.74, 6) is 1.26. The topological polar surface area (TPSA) is 47.9 Å². The van der Waals surface area contributed by atoms with E-state index in [1.807, 2.05) is 42.6 Å². The highest BCUT2D eigenvalue weighted by molar-refractivity contribution is 5.96. The molecule has 0 bridgehead atoms.